The van der Waals surface area contributed by atoms with E-state index in [1.54, 1.807) is 25.1 Å². The smallest absolute Gasteiger partial charge is 0.231 e. The van der Waals surface area contributed by atoms with Gasteiger partial charge in [0, 0.05) is 57.8 Å². The molecule has 2 aliphatic heterocycles. The van der Waals surface area contributed by atoms with E-state index in [0.717, 1.165) is 26.2 Å². The number of hydrogen-bond acceptors (Lipinski definition) is 5. The average Bonchev–Trinajstić information content (AvgIpc) is 3.01. The summed E-state index contributed by atoms with van der Waals surface area (Å²) in [6.45, 7) is 5.61. The van der Waals surface area contributed by atoms with Crippen molar-refractivity contribution in [3.8, 4) is 11.5 Å². The van der Waals surface area contributed by atoms with Crippen molar-refractivity contribution in [2.75, 3.05) is 44.8 Å². The molecule has 1 fully saturated rings. The topological polar surface area (TPSA) is 71.1 Å². The number of nitrogens with zero attached hydrogens (tertiary/aromatic N) is 2. The van der Waals surface area contributed by atoms with Crippen LogP contribution in [0.25, 0.3) is 0 Å². The number of rotatable bonds is 4. The molecule has 0 saturated carbocycles. The van der Waals surface area contributed by atoms with Crippen LogP contribution in [-0.2, 0) is 9.59 Å². The van der Waals surface area contributed by atoms with Crippen LogP contribution >= 0.6 is 0 Å². The zero-order chi connectivity index (χ0) is 16.2. The monoisotopic (exact) mass is 319 g/mol. The molecular weight excluding hydrogens is 298 g/mol. The van der Waals surface area contributed by atoms with E-state index in [1.807, 2.05) is 4.90 Å². The predicted octanol–water partition coefficient (Wildman–Crippen LogP) is 0.908. The SMILES string of the molecule is CC(=O)N1CCN(CCC(=O)Nc2ccc3c(c2)OCO3)CC1. The molecule has 2 aliphatic rings. The molecule has 0 unspecified atom stereocenters. The Bertz CT molecular complexity index is 597. The van der Waals surface area contributed by atoms with E-state index >= 15 is 0 Å². The third-order valence-corrected chi connectivity index (χ3v) is 4.13. The lowest BCUT2D eigenvalue weighted by Gasteiger charge is -2.34. The van der Waals surface area contributed by atoms with Crippen LogP contribution in [0.5, 0.6) is 11.5 Å². The number of nitrogens with one attached hydrogen (secondary N) is 1. The van der Waals surface area contributed by atoms with Crippen molar-refractivity contribution in [3.05, 3.63) is 18.2 Å². The number of benzene rings is 1. The summed E-state index contributed by atoms with van der Waals surface area (Å²) in [5.41, 5.74) is 0.709. The van der Waals surface area contributed by atoms with Gasteiger partial charge in [0.05, 0.1) is 0 Å². The maximum Gasteiger partial charge on any atom is 0.231 e. The Morgan fingerprint density at radius 3 is 2.61 bits per heavy atom. The molecule has 0 radical (unpaired) electrons. The molecule has 1 aromatic rings. The van der Waals surface area contributed by atoms with Gasteiger partial charge in [0.2, 0.25) is 18.6 Å². The van der Waals surface area contributed by atoms with Crippen LogP contribution in [0.4, 0.5) is 5.69 Å². The van der Waals surface area contributed by atoms with Gasteiger partial charge in [-0.2, -0.15) is 0 Å². The van der Waals surface area contributed by atoms with Crippen LogP contribution in [0.15, 0.2) is 18.2 Å². The maximum absolute atomic E-state index is 12.1. The minimum atomic E-state index is -0.0298. The molecule has 1 aromatic carbocycles. The van der Waals surface area contributed by atoms with E-state index in [1.165, 1.54) is 0 Å². The Morgan fingerprint density at radius 2 is 1.87 bits per heavy atom. The Kier molecular flexibility index (Phi) is 4.66. The maximum atomic E-state index is 12.1. The lowest BCUT2D eigenvalue weighted by Crippen LogP contribution is -2.48. The first-order valence-electron chi connectivity index (χ1n) is 7.79. The lowest BCUT2D eigenvalue weighted by molar-refractivity contribution is -0.130. The Labute approximate surface area is 135 Å². The molecule has 3 rings (SSSR count). The van der Waals surface area contributed by atoms with Gasteiger partial charge >= 0.3 is 0 Å². The van der Waals surface area contributed by atoms with Crippen LogP contribution in [0.2, 0.25) is 0 Å². The molecule has 2 heterocycles. The first-order chi connectivity index (χ1) is 11.1. The number of amides is 2. The van der Waals surface area contributed by atoms with E-state index in [2.05, 4.69) is 10.2 Å². The van der Waals surface area contributed by atoms with Crippen molar-refractivity contribution < 1.29 is 19.1 Å². The highest BCUT2D eigenvalue weighted by atomic mass is 16.7. The second-order valence-corrected chi connectivity index (χ2v) is 5.71. The van der Waals surface area contributed by atoms with Gasteiger partial charge in [-0.1, -0.05) is 0 Å². The zero-order valence-corrected chi connectivity index (χ0v) is 13.2. The van der Waals surface area contributed by atoms with Crippen molar-refractivity contribution in [2.45, 2.75) is 13.3 Å². The number of anilines is 1. The molecular formula is C16H21N3O4. The first kappa shape index (κ1) is 15.6. The predicted molar refractivity (Wildman–Crippen MR) is 84.5 cm³/mol. The molecule has 1 N–H and O–H groups in total. The lowest BCUT2D eigenvalue weighted by atomic mass is 10.2. The third-order valence-electron chi connectivity index (χ3n) is 4.13. The van der Waals surface area contributed by atoms with Gasteiger partial charge in [-0.3, -0.25) is 14.5 Å². The summed E-state index contributed by atoms with van der Waals surface area (Å²) in [4.78, 5) is 27.4. The Morgan fingerprint density at radius 1 is 1.13 bits per heavy atom. The normalized spacial score (nSPS) is 17.2. The molecule has 7 nitrogen and oxygen atoms in total. The van der Waals surface area contributed by atoms with Gasteiger partial charge in [0.15, 0.2) is 11.5 Å². The number of piperazine rings is 1. The number of hydrogen-bond donors (Lipinski definition) is 1. The molecule has 0 bridgehead atoms. The van der Waals surface area contributed by atoms with Crippen LogP contribution in [0, 0.1) is 0 Å². The van der Waals surface area contributed by atoms with Crippen LogP contribution < -0.4 is 14.8 Å². The van der Waals surface area contributed by atoms with Crippen LogP contribution in [0.1, 0.15) is 13.3 Å². The fraction of sp³-hybridized carbons (Fsp3) is 0.500. The van der Waals surface area contributed by atoms with Crippen molar-refractivity contribution in [3.63, 3.8) is 0 Å². The van der Waals surface area contributed by atoms with Gasteiger partial charge in [0.1, 0.15) is 0 Å². The number of ether oxygens (including phenoxy) is 2. The molecule has 0 aliphatic carbocycles. The van der Waals surface area contributed by atoms with E-state index < -0.39 is 0 Å². The van der Waals surface area contributed by atoms with Gasteiger partial charge in [-0.25, -0.2) is 0 Å². The second-order valence-electron chi connectivity index (χ2n) is 5.71. The molecule has 0 spiro atoms. The summed E-state index contributed by atoms with van der Waals surface area (Å²) in [5.74, 6) is 1.44. The summed E-state index contributed by atoms with van der Waals surface area (Å²) in [6.07, 6.45) is 0.425. The summed E-state index contributed by atoms with van der Waals surface area (Å²) < 4.78 is 10.5. The average molecular weight is 319 g/mol. The molecule has 23 heavy (non-hydrogen) atoms. The highest BCUT2D eigenvalue weighted by molar-refractivity contribution is 5.91. The highest BCUT2D eigenvalue weighted by Gasteiger charge is 2.19. The number of fused-ring (bicyclic) bond motifs is 1. The zero-order valence-electron chi connectivity index (χ0n) is 13.2. The van der Waals surface area contributed by atoms with Crippen molar-refractivity contribution in [1.29, 1.82) is 0 Å². The molecule has 2 amide bonds. The van der Waals surface area contributed by atoms with Gasteiger partial charge < -0.3 is 19.7 Å². The van der Waals surface area contributed by atoms with Crippen LogP contribution in [0.3, 0.4) is 0 Å². The van der Waals surface area contributed by atoms with E-state index in [-0.39, 0.29) is 18.6 Å². The fourth-order valence-corrected chi connectivity index (χ4v) is 2.74. The van der Waals surface area contributed by atoms with Crippen molar-refractivity contribution in [2.24, 2.45) is 0 Å². The van der Waals surface area contributed by atoms with Gasteiger partial charge in [-0.05, 0) is 12.1 Å². The number of carbonyl (C=O) groups is 2. The third kappa shape index (κ3) is 3.92. The number of carbonyl (C=O) groups excluding carboxylic acids is 2. The van der Waals surface area contributed by atoms with E-state index in [0.29, 0.717) is 30.2 Å². The van der Waals surface area contributed by atoms with Gasteiger partial charge in [0.25, 0.3) is 0 Å². The van der Waals surface area contributed by atoms with Crippen molar-refractivity contribution >= 4 is 17.5 Å². The summed E-state index contributed by atoms with van der Waals surface area (Å²) in [7, 11) is 0. The minimum absolute atomic E-state index is 0.0298. The highest BCUT2D eigenvalue weighted by Crippen LogP contribution is 2.34. The second kappa shape index (κ2) is 6.87. The standard InChI is InChI=1S/C16H21N3O4/c1-12(20)19-8-6-18(7-9-19)5-4-16(21)17-13-2-3-14-15(10-13)23-11-22-14/h2-3,10H,4-9,11H2,1H3,(H,17,21). The molecule has 7 heteroatoms. The van der Waals surface area contributed by atoms with Gasteiger partial charge in [-0.15, -0.1) is 0 Å². The van der Waals surface area contributed by atoms with E-state index in [9.17, 15) is 9.59 Å². The summed E-state index contributed by atoms with van der Waals surface area (Å²) >= 11 is 0. The Balaban J connectivity index is 1.43. The molecule has 124 valence electrons. The summed E-state index contributed by atoms with van der Waals surface area (Å²) in [5, 5.41) is 2.87. The molecule has 0 atom stereocenters. The summed E-state index contributed by atoms with van der Waals surface area (Å²) in [6, 6.07) is 5.36. The quantitative estimate of drug-likeness (QED) is 0.893. The van der Waals surface area contributed by atoms with E-state index in [4.69, 9.17) is 9.47 Å². The largest absolute Gasteiger partial charge is 0.454 e. The van der Waals surface area contributed by atoms with Crippen molar-refractivity contribution in [1.82, 2.24) is 9.80 Å². The minimum Gasteiger partial charge on any atom is -0.454 e. The Hall–Kier alpha value is -2.28. The molecule has 0 aromatic heterocycles. The van der Waals surface area contributed by atoms with Crippen LogP contribution in [-0.4, -0.2) is 61.1 Å². The first-order valence-corrected chi connectivity index (χ1v) is 7.79. The molecule has 1 saturated heterocycles. The fourth-order valence-electron chi connectivity index (χ4n) is 2.74.